The monoisotopic (exact) mass is 450 g/mol. The predicted octanol–water partition coefficient (Wildman–Crippen LogP) is 4.96. The van der Waals surface area contributed by atoms with Gasteiger partial charge in [0.1, 0.15) is 6.07 Å². The number of carbonyl (C=O) groups is 1. The maximum atomic E-state index is 12.7. The lowest BCUT2D eigenvalue weighted by molar-refractivity contribution is 0.0926. The number of aryl methyl sites for hydroxylation is 1. The van der Waals surface area contributed by atoms with Gasteiger partial charge in [-0.15, -0.1) is 0 Å². The van der Waals surface area contributed by atoms with Crippen molar-refractivity contribution in [3.63, 3.8) is 0 Å². The van der Waals surface area contributed by atoms with E-state index in [1.54, 1.807) is 6.20 Å². The number of nitrogens with one attached hydrogen (secondary N) is 3. The highest BCUT2D eigenvalue weighted by atomic mass is 16.1. The van der Waals surface area contributed by atoms with Gasteiger partial charge >= 0.3 is 0 Å². The van der Waals surface area contributed by atoms with Crippen molar-refractivity contribution in [1.82, 2.24) is 20.3 Å². The lowest BCUT2D eigenvalue weighted by Crippen LogP contribution is -2.42. The molecule has 0 bridgehead atoms. The first-order chi connectivity index (χ1) is 16.6. The van der Waals surface area contributed by atoms with Gasteiger partial charge in [0.2, 0.25) is 5.95 Å². The Morgan fingerprint density at radius 2 is 1.91 bits per heavy atom. The second-order valence-corrected chi connectivity index (χ2v) is 8.86. The molecule has 0 radical (unpaired) electrons. The Bertz CT molecular complexity index is 1370. The molecule has 1 aliphatic carbocycles. The van der Waals surface area contributed by atoms with Crippen LogP contribution in [-0.4, -0.2) is 32.9 Å². The van der Waals surface area contributed by atoms with Gasteiger partial charge in [0, 0.05) is 40.3 Å². The molecule has 0 saturated heterocycles. The van der Waals surface area contributed by atoms with Crippen LogP contribution < -0.4 is 10.6 Å². The summed E-state index contributed by atoms with van der Waals surface area (Å²) in [6.07, 6.45) is 7.18. The number of fused-ring (bicyclic) bond motifs is 1. The van der Waals surface area contributed by atoms with E-state index >= 15 is 0 Å². The molecule has 1 amide bonds. The summed E-state index contributed by atoms with van der Waals surface area (Å²) >= 11 is 0. The number of carbonyl (C=O) groups excluding carboxylic acids is 1. The van der Waals surface area contributed by atoms with Crippen molar-refractivity contribution >= 4 is 22.8 Å². The normalized spacial score (nSPS) is 17.8. The number of hydrogen-bond donors (Lipinski definition) is 3. The second kappa shape index (κ2) is 9.36. The average molecular weight is 451 g/mol. The van der Waals surface area contributed by atoms with E-state index in [1.165, 1.54) is 0 Å². The molecule has 4 aromatic rings. The van der Waals surface area contributed by atoms with Crippen LogP contribution in [-0.2, 0) is 0 Å². The van der Waals surface area contributed by atoms with Crippen molar-refractivity contribution in [1.29, 1.82) is 5.26 Å². The largest absolute Gasteiger partial charge is 0.360 e. The topological polar surface area (TPSA) is 106 Å². The predicted molar refractivity (Wildman–Crippen MR) is 132 cm³/mol. The molecule has 3 N–H and O–H groups in total. The van der Waals surface area contributed by atoms with E-state index in [-0.39, 0.29) is 18.0 Å². The van der Waals surface area contributed by atoms with Gasteiger partial charge in [0.25, 0.3) is 5.91 Å². The maximum absolute atomic E-state index is 12.7. The summed E-state index contributed by atoms with van der Waals surface area (Å²) < 4.78 is 0. The first-order valence-corrected chi connectivity index (χ1v) is 11.6. The lowest BCUT2D eigenvalue weighted by atomic mass is 9.91. The van der Waals surface area contributed by atoms with Crippen LogP contribution in [0.4, 0.5) is 5.95 Å². The molecule has 34 heavy (non-hydrogen) atoms. The van der Waals surface area contributed by atoms with Crippen molar-refractivity contribution in [2.45, 2.75) is 44.7 Å². The fourth-order valence-electron chi connectivity index (χ4n) is 4.61. The van der Waals surface area contributed by atoms with E-state index in [1.807, 2.05) is 61.7 Å². The van der Waals surface area contributed by atoms with E-state index < -0.39 is 0 Å². The zero-order valence-corrected chi connectivity index (χ0v) is 19.0. The summed E-state index contributed by atoms with van der Waals surface area (Å²) in [6, 6.07) is 18.0. The number of amides is 1. The van der Waals surface area contributed by atoms with Crippen LogP contribution in [0.1, 0.15) is 47.2 Å². The number of aromatic amines is 1. The quantitative estimate of drug-likeness (QED) is 0.398. The number of aromatic nitrogens is 3. The molecule has 1 saturated carbocycles. The van der Waals surface area contributed by atoms with Crippen LogP contribution >= 0.6 is 0 Å². The minimum atomic E-state index is -0.0399. The standard InChI is InChI=1S/C27H26N6O/c1-17-9-11-18(12-10-17)26(34)31-20-5-4-6-21(13-20)32-27-30-15-19(14-28)25(33-27)23-16-29-24-8-3-2-7-22(23)24/h2-3,7-12,15-16,20-21,29H,4-6,13H2,1H3,(H,31,34)(H,30,32,33)/t20-,21?/m0/s1. The smallest absolute Gasteiger partial charge is 0.251 e. The van der Waals surface area contributed by atoms with Crippen LogP contribution in [0, 0.1) is 18.3 Å². The molecule has 0 aliphatic heterocycles. The third-order valence-electron chi connectivity index (χ3n) is 6.41. The number of H-pyrrole nitrogens is 1. The number of rotatable bonds is 5. The first-order valence-electron chi connectivity index (χ1n) is 11.6. The van der Waals surface area contributed by atoms with Gasteiger partial charge < -0.3 is 15.6 Å². The van der Waals surface area contributed by atoms with Crippen molar-refractivity contribution in [2.24, 2.45) is 0 Å². The van der Waals surface area contributed by atoms with Gasteiger partial charge in [-0.1, -0.05) is 35.9 Å². The minimum absolute atomic E-state index is 0.0399. The van der Waals surface area contributed by atoms with Crippen molar-refractivity contribution in [2.75, 3.05) is 5.32 Å². The minimum Gasteiger partial charge on any atom is -0.360 e. The number of para-hydroxylation sites is 1. The van der Waals surface area contributed by atoms with Crippen molar-refractivity contribution in [3.05, 3.63) is 77.6 Å². The molecule has 2 heterocycles. The van der Waals surface area contributed by atoms with E-state index in [4.69, 9.17) is 4.98 Å². The molecule has 7 heteroatoms. The average Bonchev–Trinajstić information content (AvgIpc) is 3.29. The Hall–Kier alpha value is -4.18. The molecule has 170 valence electrons. The molecule has 1 aliphatic rings. The van der Waals surface area contributed by atoms with Crippen molar-refractivity contribution < 1.29 is 4.79 Å². The highest BCUT2D eigenvalue weighted by Crippen LogP contribution is 2.30. The Morgan fingerprint density at radius 3 is 2.74 bits per heavy atom. The summed E-state index contributed by atoms with van der Waals surface area (Å²) in [7, 11) is 0. The van der Waals surface area contributed by atoms with Crippen LogP contribution in [0.25, 0.3) is 22.2 Å². The lowest BCUT2D eigenvalue weighted by Gasteiger charge is -2.30. The summed E-state index contributed by atoms with van der Waals surface area (Å²) in [5, 5.41) is 17.3. The second-order valence-electron chi connectivity index (χ2n) is 8.86. The van der Waals surface area contributed by atoms with Gasteiger partial charge in [-0.3, -0.25) is 4.79 Å². The zero-order chi connectivity index (χ0) is 23.5. The molecular weight excluding hydrogens is 424 g/mol. The molecule has 2 atom stereocenters. The Morgan fingerprint density at radius 1 is 1.12 bits per heavy atom. The zero-order valence-electron chi connectivity index (χ0n) is 19.0. The number of anilines is 1. The van der Waals surface area contributed by atoms with E-state index in [2.05, 4.69) is 26.7 Å². The van der Waals surface area contributed by atoms with E-state index in [9.17, 15) is 10.1 Å². The highest BCUT2D eigenvalue weighted by molar-refractivity contribution is 5.96. The molecule has 0 spiro atoms. The number of hydrogen-bond acceptors (Lipinski definition) is 5. The van der Waals surface area contributed by atoms with Crippen LogP contribution in [0.3, 0.4) is 0 Å². The van der Waals surface area contributed by atoms with Gasteiger partial charge in [-0.25, -0.2) is 9.97 Å². The third-order valence-corrected chi connectivity index (χ3v) is 6.41. The molecular formula is C27H26N6O. The molecule has 2 aromatic heterocycles. The molecule has 2 aromatic carbocycles. The maximum Gasteiger partial charge on any atom is 0.251 e. The van der Waals surface area contributed by atoms with Gasteiger partial charge in [0.15, 0.2) is 0 Å². The van der Waals surface area contributed by atoms with E-state index in [0.29, 0.717) is 22.8 Å². The van der Waals surface area contributed by atoms with Crippen molar-refractivity contribution in [3.8, 4) is 17.3 Å². The number of benzene rings is 2. The molecule has 5 rings (SSSR count). The molecule has 1 unspecified atom stereocenters. The van der Waals surface area contributed by atoms with Crippen LogP contribution in [0.15, 0.2) is 60.9 Å². The van der Waals surface area contributed by atoms with Crippen LogP contribution in [0.2, 0.25) is 0 Å². The Balaban J connectivity index is 1.31. The Labute approximate surface area is 198 Å². The summed E-state index contributed by atoms with van der Waals surface area (Å²) in [4.78, 5) is 25.0. The fourth-order valence-corrected chi connectivity index (χ4v) is 4.61. The van der Waals surface area contributed by atoms with Gasteiger partial charge in [-0.05, 0) is 50.8 Å². The molecule has 1 fully saturated rings. The van der Waals surface area contributed by atoms with Gasteiger partial charge in [0.05, 0.1) is 17.5 Å². The fraction of sp³-hybridized carbons (Fsp3) is 0.259. The summed E-state index contributed by atoms with van der Waals surface area (Å²) in [5.74, 6) is 0.455. The highest BCUT2D eigenvalue weighted by Gasteiger charge is 2.25. The SMILES string of the molecule is Cc1ccc(C(=O)N[C@H]2CCCC(Nc3ncc(C#N)c(-c4c[nH]c5ccccc45)n3)C2)cc1. The number of nitrogens with zero attached hydrogens (tertiary/aromatic N) is 3. The first kappa shape index (κ1) is 21.7. The summed E-state index contributed by atoms with van der Waals surface area (Å²) in [5.41, 5.74) is 4.73. The van der Waals surface area contributed by atoms with Gasteiger partial charge in [-0.2, -0.15) is 5.26 Å². The third kappa shape index (κ3) is 4.48. The van der Waals surface area contributed by atoms with E-state index in [0.717, 1.165) is 47.7 Å². The summed E-state index contributed by atoms with van der Waals surface area (Å²) in [6.45, 7) is 2.01. The van der Waals surface area contributed by atoms with Crippen LogP contribution in [0.5, 0.6) is 0 Å². The number of nitriles is 1. The molecule has 7 nitrogen and oxygen atoms in total. The Kier molecular flexibility index (Phi) is 5.96.